The number of nitrogens with one attached hydrogen (secondary N) is 1. The summed E-state index contributed by atoms with van der Waals surface area (Å²) in [6, 6.07) is 12.7. The fourth-order valence-electron chi connectivity index (χ4n) is 3.80. The number of benzene rings is 2. The van der Waals surface area contributed by atoms with Crippen LogP contribution in [0.1, 0.15) is 30.1 Å². The van der Waals surface area contributed by atoms with Gasteiger partial charge in [0.1, 0.15) is 5.75 Å². The molecule has 4 rings (SSSR count). The summed E-state index contributed by atoms with van der Waals surface area (Å²) in [7, 11) is -3.77. The van der Waals surface area contributed by atoms with Gasteiger partial charge >= 0.3 is 0 Å². The smallest absolute Gasteiger partial charge is 0.261 e. The first-order valence-electron chi connectivity index (χ1n) is 10.3. The summed E-state index contributed by atoms with van der Waals surface area (Å²) < 4.78 is 44.6. The second-order valence-electron chi connectivity index (χ2n) is 7.49. The Labute approximate surface area is 182 Å². The number of sulfonamides is 1. The summed E-state index contributed by atoms with van der Waals surface area (Å²) >= 11 is 0. The van der Waals surface area contributed by atoms with Gasteiger partial charge in [-0.2, -0.15) is 0 Å². The predicted octanol–water partition coefficient (Wildman–Crippen LogP) is 2.87. The van der Waals surface area contributed by atoms with Gasteiger partial charge in [0.2, 0.25) is 0 Å². The number of nitrogens with zero attached hydrogens (tertiary/aromatic N) is 1. The molecule has 2 aliphatic rings. The molecule has 1 spiro atoms. The van der Waals surface area contributed by atoms with E-state index in [2.05, 4.69) is 4.72 Å². The third-order valence-electron chi connectivity index (χ3n) is 5.46. The fourth-order valence-corrected chi connectivity index (χ4v) is 4.85. The summed E-state index contributed by atoms with van der Waals surface area (Å²) in [6.45, 7) is 4.68. The highest BCUT2D eigenvalue weighted by Crippen LogP contribution is 2.31. The summed E-state index contributed by atoms with van der Waals surface area (Å²) in [6.07, 6.45) is 1.27. The van der Waals surface area contributed by atoms with Crippen molar-refractivity contribution in [2.75, 3.05) is 37.6 Å². The molecule has 0 bridgehead atoms. The second-order valence-corrected chi connectivity index (χ2v) is 9.17. The van der Waals surface area contributed by atoms with Crippen LogP contribution in [0.3, 0.4) is 0 Å². The summed E-state index contributed by atoms with van der Waals surface area (Å²) in [5.41, 5.74) is 0.881. The Hall–Kier alpha value is -2.62. The van der Waals surface area contributed by atoms with Crippen molar-refractivity contribution < 1.29 is 27.4 Å². The maximum absolute atomic E-state index is 12.8. The Kier molecular flexibility index (Phi) is 6.17. The van der Waals surface area contributed by atoms with Gasteiger partial charge in [-0.25, -0.2) is 8.42 Å². The summed E-state index contributed by atoms with van der Waals surface area (Å²) in [4.78, 5) is 14.6. The molecule has 2 aromatic rings. The highest BCUT2D eigenvalue weighted by molar-refractivity contribution is 7.92. The number of ether oxygens (including phenoxy) is 3. The lowest BCUT2D eigenvalue weighted by Crippen LogP contribution is -2.47. The summed E-state index contributed by atoms with van der Waals surface area (Å²) in [5, 5.41) is 0. The van der Waals surface area contributed by atoms with Gasteiger partial charge in [0.25, 0.3) is 15.9 Å². The predicted molar refractivity (Wildman–Crippen MR) is 115 cm³/mol. The van der Waals surface area contributed by atoms with E-state index < -0.39 is 15.8 Å². The van der Waals surface area contributed by atoms with E-state index >= 15 is 0 Å². The van der Waals surface area contributed by atoms with Crippen molar-refractivity contribution in [3.63, 3.8) is 0 Å². The van der Waals surface area contributed by atoms with Crippen molar-refractivity contribution in [2.24, 2.45) is 0 Å². The normalized spacial score (nSPS) is 18.2. The molecule has 0 unspecified atom stereocenters. The number of rotatable bonds is 6. The van der Waals surface area contributed by atoms with E-state index in [4.69, 9.17) is 14.2 Å². The Morgan fingerprint density at radius 1 is 1.03 bits per heavy atom. The van der Waals surface area contributed by atoms with Crippen LogP contribution in [0, 0.1) is 0 Å². The van der Waals surface area contributed by atoms with Crippen LogP contribution in [0.5, 0.6) is 5.75 Å². The van der Waals surface area contributed by atoms with E-state index in [0.717, 1.165) is 0 Å². The van der Waals surface area contributed by atoms with Crippen molar-refractivity contribution >= 4 is 21.6 Å². The van der Waals surface area contributed by atoms with Gasteiger partial charge in [0.15, 0.2) is 5.79 Å². The molecular formula is C22H26N2O6S. The van der Waals surface area contributed by atoms with E-state index in [-0.39, 0.29) is 10.8 Å². The average molecular weight is 447 g/mol. The van der Waals surface area contributed by atoms with Crippen molar-refractivity contribution in [1.82, 2.24) is 4.90 Å². The van der Waals surface area contributed by atoms with Crippen molar-refractivity contribution in [3.05, 3.63) is 54.1 Å². The largest absolute Gasteiger partial charge is 0.494 e. The minimum Gasteiger partial charge on any atom is -0.494 e. The quantitative estimate of drug-likeness (QED) is 0.733. The zero-order valence-electron chi connectivity index (χ0n) is 17.4. The SMILES string of the molecule is CCOc1ccc(NS(=O)(=O)c2ccc(C(=O)N3CCC4(CC3)OCCO4)cc2)cc1. The van der Waals surface area contributed by atoms with E-state index in [1.54, 1.807) is 41.3 Å². The number of hydrogen-bond donors (Lipinski definition) is 1. The first-order valence-corrected chi connectivity index (χ1v) is 11.8. The zero-order chi connectivity index (χ0) is 21.9. The number of carbonyl (C=O) groups excluding carboxylic acids is 1. The number of carbonyl (C=O) groups is 1. The molecule has 166 valence electrons. The highest BCUT2D eigenvalue weighted by Gasteiger charge is 2.40. The average Bonchev–Trinajstić information content (AvgIpc) is 3.23. The Balaban J connectivity index is 1.39. The van der Waals surface area contributed by atoms with Crippen LogP contribution in [0.15, 0.2) is 53.4 Å². The first-order chi connectivity index (χ1) is 14.9. The molecule has 2 saturated heterocycles. The number of piperidine rings is 1. The zero-order valence-corrected chi connectivity index (χ0v) is 18.2. The Morgan fingerprint density at radius 2 is 1.65 bits per heavy atom. The van der Waals surface area contributed by atoms with E-state index in [1.165, 1.54) is 12.1 Å². The van der Waals surface area contributed by atoms with Crippen LogP contribution in [-0.4, -0.2) is 57.9 Å². The van der Waals surface area contributed by atoms with Crippen molar-refractivity contribution in [3.8, 4) is 5.75 Å². The molecule has 2 fully saturated rings. The lowest BCUT2D eigenvalue weighted by molar-refractivity contribution is -0.181. The third-order valence-corrected chi connectivity index (χ3v) is 6.85. The van der Waals surface area contributed by atoms with E-state index in [9.17, 15) is 13.2 Å². The molecule has 2 aromatic carbocycles. The van der Waals surface area contributed by atoms with Crippen LogP contribution in [0.2, 0.25) is 0 Å². The topological polar surface area (TPSA) is 94.2 Å². The van der Waals surface area contributed by atoms with Crippen LogP contribution >= 0.6 is 0 Å². The Morgan fingerprint density at radius 3 is 2.23 bits per heavy atom. The monoisotopic (exact) mass is 446 g/mol. The van der Waals surface area contributed by atoms with Gasteiger partial charge in [-0.15, -0.1) is 0 Å². The molecule has 2 heterocycles. The number of likely N-dealkylation sites (tertiary alicyclic amines) is 1. The molecule has 0 aromatic heterocycles. The van der Waals surface area contributed by atoms with Gasteiger partial charge in [0.05, 0.1) is 24.7 Å². The maximum atomic E-state index is 12.8. The summed E-state index contributed by atoms with van der Waals surface area (Å²) in [5.74, 6) is 0.000566. The lowest BCUT2D eigenvalue weighted by atomic mass is 10.0. The van der Waals surface area contributed by atoms with Gasteiger partial charge in [-0.05, 0) is 55.5 Å². The minimum absolute atomic E-state index is 0.0864. The molecule has 1 amide bonds. The van der Waals surface area contributed by atoms with Gasteiger partial charge in [-0.3, -0.25) is 9.52 Å². The molecule has 0 atom stereocenters. The third kappa shape index (κ3) is 4.84. The van der Waals surface area contributed by atoms with E-state index in [0.29, 0.717) is 62.8 Å². The number of anilines is 1. The van der Waals surface area contributed by atoms with Gasteiger partial charge < -0.3 is 19.1 Å². The van der Waals surface area contributed by atoms with Crippen molar-refractivity contribution in [2.45, 2.75) is 30.4 Å². The second kappa shape index (κ2) is 8.86. The number of hydrogen-bond acceptors (Lipinski definition) is 6. The highest BCUT2D eigenvalue weighted by atomic mass is 32.2. The fraction of sp³-hybridized carbons (Fsp3) is 0.409. The molecule has 31 heavy (non-hydrogen) atoms. The first kappa shape index (κ1) is 21.6. The molecule has 0 aliphatic carbocycles. The van der Waals surface area contributed by atoms with Crippen LogP contribution in [0.25, 0.3) is 0 Å². The maximum Gasteiger partial charge on any atom is 0.261 e. The molecule has 8 nitrogen and oxygen atoms in total. The van der Waals surface area contributed by atoms with Gasteiger partial charge in [-0.1, -0.05) is 0 Å². The van der Waals surface area contributed by atoms with Crippen LogP contribution in [-0.2, 0) is 19.5 Å². The standard InChI is InChI=1S/C22H26N2O6S/c1-2-28-19-7-5-18(6-8-19)23-31(26,27)20-9-3-17(4-10-20)21(25)24-13-11-22(12-14-24)29-15-16-30-22/h3-10,23H,2,11-16H2,1H3. The van der Waals surface area contributed by atoms with Crippen LogP contribution in [0.4, 0.5) is 5.69 Å². The molecule has 0 radical (unpaired) electrons. The van der Waals surface area contributed by atoms with Gasteiger partial charge in [0, 0.05) is 37.2 Å². The molecule has 0 saturated carbocycles. The van der Waals surface area contributed by atoms with Crippen molar-refractivity contribution in [1.29, 1.82) is 0 Å². The lowest BCUT2D eigenvalue weighted by Gasteiger charge is -2.37. The molecule has 9 heteroatoms. The molecule has 2 aliphatic heterocycles. The molecule has 1 N–H and O–H groups in total. The minimum atomic E-state index is -3.77. The molecular weight excluding hydrogens is 420 g/mol. The number of amides is 1. The Bertz CT molecular complexity index is 1000. The van der Waals surface area contributed by atoms with E-state index in [1.807, 2.05) is 6.92 Å². The van der Waals surface area contributed by atoms with Crippen LogP contribution < -0.4 is 9.46 Å².